The summed E-state index contributed by atoms with van der Waals surface area (Å²) in [6.45, 7) is 0. The summed E-state index contributed by atoms with van der Waals surface area (Å²) in [5.74, 6) is 0.945. The molecule has 0 heterocycles. The summed E-state index contributed by atoms with van der Waals surface area (Å²) < 4.78 is 5.24. The molecular formula is C20H23NO2. The standard InChI is InChI=1S/C20H23NO2/c1-21(18-5-3-4-6-18)20(22)12-8-15-7-9-17-14-19(23-2)11-10-16(17)13-15/h7-14,18H,3-6H2,1-2H3/b12-8+. The van der Waals surface area contributed by atoms with Gasteiger partial charge < -0.3 is 9.64 Å². The van der Waals surface area contributed by atoms with Crippen LogP contribution < -0.4 is 4.74 Å². The predicted molar refractivity (Wildman–Crippen MR) is 94.6 cm³/mol. The molecule has 1 saturated carbocycles. The number of hydrogen-bond donors (Lipinski definition) is 0. The van der Waals surface area contributed by atoms with Crippen LogP contribution >= 0.6 is 0 Å². The highest BCUT2D eigenvalue weighted by Gasteiger charge is 2.21. The van der Waals surface area contributed by atoms with Gasteiger partial charge in [0.15, 0.2) is 0 Å². The van der Waals surface area contributed by atoms with Gasteiger partial charge in [-0.25, -0.2) is 0 Å². The van der Waals surface area contributed by atoms with Gasteiger partial charge in [-0.2, -0.15) is 0 Å². The Morgan fingerprint density at radius 2 is 1.83 bits per heavy atom. The minimum absolute atomic E-state index is 0.0896. The molecule has 0 atom stereocenters. The van der Waals surface area contributed by atoms with Gasteiger partial charge in [-0.3, -0.25) is 4.79 Å². The number of nitrogens with zero attached hydrogens (tertiary/aromatic N) is 1. The average Bonchev–Trinajstić information content (AvgIpc) is 3.12. The summed E-state index contributed by atoms with van der Waals surface area (Å²) in [4.78, 5) is 14.2. The van der Waals surface area contributed by atoms with Crippen LogP contribution in [-0.4, -0.2) is 31.0 Å². The number of ether oxygens (including phenoxy) is 1. The van der Waals surface area contributed by atoms with Crippen molar-refractivity contribution in [3.8, 4) is 5.75 Å². The van der Waals surface area contributed by atoms with E-state index in [0.29, 0.717) is 6.04 Å². The van der Waals surface area contributed by atoms with Crippen molar-refractivity contribution in [2.24, 2.45) is 0 Å². The molecule has 0 bridgehead atoms. The first-order valence-electron chi connectivity index (χ1n) is 8.20. The number of likely N-dealkylation sites (N-methyl/N-ethyl adjacent to an activating group) is 1. The Kier molecular flexibility index (Phi) is 4.65. The average molecular weight is 309 g/mol. The maximum atomic E-state index is 12.3. The number of carbonyl (C=O) groups excluding carboxylic acids is 1. The molecule has 2 aromatic carbocycles. The van der Waals surface area contributed by atoms with Gasteiger partial charge in [-0.05, 0) is 53.5 Å². The van der Waals surface area contributed by atoms with Crippen molar-refractivity contribution in [3.63, 3.8) is 0 Å². The molecule has 0 N–H and O–H groups in total. The third-order valence-corrected chi connectivity index (χ3v) is 4.71. The van der Waals surface area contributed by atoms with Crippen molar-refractivity contribution in [2.45, 2.75) is 31.7 Å². The molecule has 3 heteroatoms. The Labute approximate surface area is 137 Å². The second-order valence-electron chi connectivity index (χ2n) is 6.19. The molecule has 1 aliphatic rings. The van der Waals surface area contributed by atoms with Crippen LogP contribution in [0.25, 0.3) is 16.8 Å². The molecule has 0 radical (unpaired) electrons. The second-order valence-corrected chi connectivity index (χ2v) is 6.19. The van der Waals surface area contributed by atoms with Crippen LogP contribution in [0, 0.1) is 0 Å². The summed E-state index contributed by atoms with van der Waals surface area (Å²) in [7, 11) is 3.58. The summed E-state index contributed by atoms with van der Waals surface area (Å²) in [6.07, 6.45) is 8.32. The van der Waals surface area contributed by atoms with Crippen molar-refractivity contribution in [3.05, 3.63) is 48.0 Å². The minimum Gasteiger partial charge on any atom is -0.497 e. The van der Waals surface area contributed by atoms with Gasteiger partial charge in [0, 0.05) is 19.2 Å². The van der Waals surface area contributed by atoms with Gasteiger partial charge >= 0.3 is 0 Å². The molecule has 120 valence electrons. The number of carbonyl (C=O) groups is 1. The fourth-order valence-electron chi connectivity index (χ4n) is 3.23. The van der Waals surface area contributed by atoms with Gasteiger partial charge in [0.2, 0.25) is 5.91 Å². The molecule has 0 unspecified atom stereocenters. The Balaban J connectivity index is 1.73. The number of hydrogen-bond acceptors (Lipinski definition) is 2. The van der Waals surface area contributed by atoms with Gasteiger partial charge in [-0.15, -0.1) is 0 Å². The zero-order valence-corrected chi connectivity index (χ0v) is 13.8. The molecule has 0 aromatic heterocycles. The number of amides is 1. The van der Waals surface area contributed by atoms with Gasteiger partial charge in [0.1, 0.15) is 5.75 Å². The Bertz CT molecular complexity index is 729. The minimum atomic E-state index is 0.0896. The van der Waals surface area contributed by atoms with Crippen LogP contribution in [0.5, 0.6) is 5.75 Å². The zero-order valence-electron chi connectivity index (χ0n) is 13.8. The van der Waals surface area contributed by atoms with Crippen LogP contribution in [0.1, 0.15) is 31.2 Å². The predicted octanol–water partition coefficient (Wildman–Crippen LogP) is 4.26. The van der Waals surface area contributed by atoms with Crippen LogP contribution in [0.2, 0.25) is 0 Å². The molecule has 0 spiro atoms. The van der Waals surface area contributed by atoms with E-state index in [0.717, 1.165) is 34.9 Å². The van der Waals surface area contributed by atoms with E-state index < -0.39 is 0 Å². The molecule has 1 amide bonds. The third kappa shape index (κ3) is 3.55. The maximum absolute atomic E-state index is 12.3. The Morgan fingerprint density at radius 3 is 2.57 bits per heavy atom. The Hall–Kier alpha value is -2.29. The third-order valence-electron chi connectivity index (χ3n) is 4.71. The first-order valence-corrected chi connectivity index (χ1v) is 8.20. The molecule has 1 fully saturated rings. The summed E-state index contributed by atoms with van der Waals surface area (Å²) in [5.41, 5.74) is 1.04. The van der Waals surface area contributed by atoms with Crippen LogP contribution in [0.15, 0.2) is 42.5 Å². The zero-order chi connectivity index (χ0) is 16.2. The highest BCUT2D eigenvalue weighted by atomic mass is 16.5. The van der Waals surface area contributed by atoms with Crippen molar-refractivity contribution < 1.29 is 9.53 Å². The van der Waals surface area contributed by atoms with Gasteiger partial charge in [-0.1, -0.05) is 31.0 Å². The summed E-state index contributed by atoms with van der Waals surface area (Å²) in [6, 6.07) is 12.6. The first-order chi connectivity index (χ1) is 11.2. The number of methoxy groups -OCH3 is 1. The lowest BCUT2D eigenvalue weighted by Gasteiger charge is -2.22. The monoisotopic (exact) mass is 309 g/mol. The molecule has 3 rings (SSSR count). The van der Waals surface area contributed by atoms with E-state index >= 15 is 0 Å². The lowest BCUT2D eigenvalue weighted by atomic mass is 10.1. The largest absolute Gasteiger partial charge is 0.497 e. The summed E-state index contributed by atoms with van der Waals surface area (Å²) >= 11 is 0. The van der Waals surface area contributed by atoms with E-state index in [1.54, 1.807) is 13.2 Å². The van der Waals surface area contributed by atoms with Crippen LogP contribution in [-0.2, 0) is 4.79 Å². The number of fused-ring (bicyclic) bond motifs is 1. The highest BCUT2D eigenvalue weighted by Crippen LogP contribution is 2.24. The normalized spacial score (nSPS) is 15.4. The lowest BCUT2D eigenvalue weighted by molar-refractivity contribution is -0.126. The topological polar surface area (TPSA) is 29.5 Å². The highest BCUT2D eigenvalue weighted by molar-refractivity contribution is 5.93. The molecule has 1 aliphatic carbocycles. The van der Waals surface area contributed by atoms with Crippen molar-refractivity contribution in [2.75, 3.05) is 14.2 Å². The van der Waals surface area contributed by atoms with Gasteiger partial charge in [0.25, 0.3) is 0 Å². The quantitative estimate of drug-likeness (QED) is 0.790. The lowest BCUT2D eigenvalue weighted by Crippen LogP contribution is -2.33. The summed E-state index contributed by atoms with van der Waals surface area (Å²) in [5, 5.41) is 2.28. The van der Waals surface area contributed by atoms with Crippen molar-refractivity contribution >= 4 is 22.8 Å². The SMILES string of the molecule is COc1ccc2cc(/C=C/C(=O)N(C)C3CCCC3)ccc2c1. The van der Waals surface area contributed by atoms with E-state index in [1.165, 1.54) is 12.8 Å². The molecule has 2 aromatic rings. The van der Waals surface area contributed by atoms with E-state index in [4.69, 9.17) is 4.74 Å². The van der Waals surface area contributed by atoms with Crippen LogP contribution in [0.4, 0.5) is 0 Å². The molecule has 0 aliphatic heterocycles. The fraction of sp³-hybridized carbons (Fsp3) is 0.350. The smallest absolute Gasteiger partial charge is 0.246 e. The number of benzene rings is 2. The van der Waals surface area contributed by atoms with Crippen molar-refractivity contribution in [1.29, 1.82) is 0 Å². The van der Waals surface area contributed by atoms with E-state index in [2.05, 4.69) is 12.1 Å². The van der Waals surface area contributed by atoms with Crippen LogP contribution in [0.3, 0.4) is 0 Å². The Morgan fingerprint density at radius 1 is 1.13 bits per heavy atom. The molecule has 0 saturated heterocycles. The van der Waals surface area contributed by atoms with E-state index in [1.807, 2.05) is 42.3 Å². The van der Waals surface area contributed by atoms with Crippen molar-refractivity contribution in [1.82, 2.24) is 4.90 Å². The number of rotatable bonds is 4. The maximum Gasteiger partial charge on any atom is 0.246 e. The van der Waals surface area contributed by atoms with E-state index in [9.17, 15) is 4.79 Å². The van der Waals surface area contributed by atoms with E-state index in [-0.39, 0.29) is 5.91 Å². The molecule has 23 heavy (non-hydrogen) atoms. The van der Waals surface area contributed by atoms with Gasteiger partial charge in [0.05, 0.1) is 7.11 Å². The first kappa shape index (κ1) is 15.6. The fourth-order valence-corrected chi connectivity index (χ4v) is 3.23. The molecule has 3 nitrogen and oxygen atoms in total. The second kappa shape index (κ2) is 6.86. The molecular weight excluding hydrogens is 286 g/mol.